The smallest absolute Gasteiger partial charge is 0.160 e. The number of hydrogen-bond donors (Lipinski definition) is 1. The topological polar surface area (TPSA) is 39.7 Å². The van der Waals surface area contributed by atoms with Crippen molar-refractivity contribution < 1.29 is 14.2 Å². The third kappa shape index (κ3) is 5.09. The van der Waals surface area contributed by atoms with Crippen molar-refractivity contribution in [3.05, 3.63) is 23.8 Å². The molecule has 0 aliphatic heterocycles. The minimum absolute atomic E-state index is 0.419. The van der Waals surface area contributed by atoms with Crippen molar-refractivity contribution >= 4 is 0 Å². The molecule has 0 radical (unpaired) electrons. The van der Waals surface area contributed by atoms with Crippen LogP contribution in [0.2, 0.25) is 0 Å². The summed E-state index contributed by atoms with van der Waals surface area (Å²) in [6, 6.07) is 6.49. The van der Waals surface area contributed by atoms with Gasteiger partial charge in [-0.3, -0.25) is 0 Å². The van der Waals surface area contributed by atoms with Crippen molar-refractivity contribution in [3.8, 4) is 11.5 Å². The molecule has 19 heavy (non-hydrogen) atoms. The first kappa shape index (κ1) is 15.8. The van der Waals surface area contributed by atoms with Gasteiger partial charge in [0.2, 0.25) is 0 Å². The maximum atomic E-state index is 5.33. The second-order valence-electron chi connectivity index (χ2n) is 4.43. The lowest BCUT2D eigenvalue weighted by atomic mass is 10.0. The van der Waals surface area contributed by atoms with Gasteiger partial charge < -0.3 is 19.5 Å². The average molecular weight is 267 g/mol. The van der Waals surface area contributed by atoms with Crippen LogP contribution in [0.3, 0.4) is 0 Å². The highest BCUT2D eigenvalue weighted by Crippen LogP contribution is 2.28. The molecule has 0 aromatic heterocycles. The first-order chi connectivity index (χ1) is 9.24. The van der Waals surface area contributed by atoms with Gasteiger partial charge in [0.05, 0.1) is 14.2 Å². The summed E-state index contributed by atoms with van der Waals surface area (Å²) < 4.78 is 15.7. The average Bonchev–Trinajstić information content (AvgIpc) is 2.44. The Balaban J connectivity index is 2.72. The van der Waals surface area contributed by atoms with Crippen molar-refractivity contribution in [2.24, 2.45) is 0 Å². The minimum Gasteiger partial charge on any atom is -0.493 e. The Labute approximate surface area is 116 Å². The van der Waals surface area contributed by atoms with Crippen LogP contribution in [0.4, 0.5) is 0 Å². The minimum atomic E-state index is 0.419. The molecule has 1 N–H and O–H groups in total. The highest BCUT2D eigenvalue weighted by atomic mass is 16.5. The van der Waals surface area contributed by atoms with E-state index < -0.39 is 0 Å². The molecule has 1 atom stereocenters. The Morgan fingerprint density at radius 3 is 2.42 bits per heavy atom. The lowest BCUT2D eigenvalue weighted by Gasteiger charge is -2.18. The number of nitrogens with one attached hydrogen (secondary N) is 1. The summed E-state index contributed by atoms with van der Waals surface area (Å²) in [6.07, 6.45) is 1.95. The van der Waals surface area contributed by atoms with Crippen molar-refractivity contribution in [1.29, 1.82) is 0 Å². The third-order valence-electron chi connectivity index (χ3n) is 3.09. The molecule has 1 unspecified atom stereocenters. The molecule has 0 bridgehead atoms. The molecule has 0 heterocycles. The molecular weight excluding hydrogens is 242 g/mol. The molecule has 0 saturated carbocycles. The monoisotopic (exact) mass is 267 g/mol. The van der Waals surface area contributed by atoms with Crippen LogP contribution >= 0.6 is 0 Å². The number of methoxy groups -OCH3 is 3. The van der Waals surface area contributed by atoms with Crippen LogP contribution in [0.15, 0.2) is 18.2 Å². The highest BCUT2D eigenvalue weighted by Gasteiger charge is 2.10. The second-order valence-corrected chi connectivity index (χ2v) is 4.43. The molecular formula is C15H25NO3. The Kier molecular flexibility index (Phi) is 7.30. The predicted octanol–water partition coefficient (Wildman–Crippen LogP) is 2.26. The normalized spacial score (nSPS) is 12.2. The van der Waals surface area contributed by atoms with E-state index in [0.717, 1.165) is 37.5 Å². The van der Waals surface area contributed by atoms with Gasteiger partial charge in [0, 0.05) is 19.8 Å². The molecule has 0 amide bonds. The van der Waals surface area contributed by atoms with Crippen LogP contribution in [0.25, 0.3) is 0 Å². The van der Waals surface area contributed by atoms with Gasteiger partial charge in [-0.25, -0.2) is 0 Å². The first-order valence-electron chi connectivity index (χ1n) is 6.68. The Morgan fingerprint density at radius 1 is 1.11 bits per heavy atom. The van der Waals surface area contributed by atoms with E-state index in [2.05, 4.69) is 18.3 Å². The van der Waals surface area contributed by atoms with Gasteiger partial charge in [-0.2, -0.15) is 0 Å². The fourth-order valence-electron chi connectivity index (χ4n) is 2.12. The quantitative estimate of drug-likeness (QED) is 0.745. The van der Waals surface area contributed by atoms with Gasteiger partial charge >= 0.3 is 0 Å². The van der Waals surface area contributed by atoms with Crippen molar-refractivity contribution in [3.63, 3.8) is 0 Å². The molecule has 0 spiro atoms. The number of hydrogen-bond acceptors (Lipinski definition) is 4. The van der Waals surface area contributed by atoms with E-state index in [9.17, 15) is 0 Å². The van der Waals surface area contributed by atoms with E-state index in [1.54, 1.807) is 21.3 Å². The summed E-state index contributed by atoms with van der Waals surface area (Å²) in [5.41, 5.74) is 1.24. The van der Waals surface area contributed by atoms with Gasteiger partial charge in [-0.05, 0) is 37.1 Å². The Morgan fingerprint density at radius 2 is 1.84 bits per heavy atom. The maximum Gasteiger partial charge on any atom is 0.160 e. The van der Waals surface area contributed by atoms with Crippen LogP contribution < -0.4 is 14.8 Å². The summed E-state index contributed by atoms with van der Waals surface area (Å²) in [4.78, 5) is 0. The second kappa shape index (κ2) is 8.77. The zero-order valence-corrected chi connectivity index (χ0v) is 12.4. The molecule has 0 aliphatic rings. The summed E-state index contributed by atoms with van der Waals surface area (Å²) in [6.45, 7) is 3.85. The van der Waals surface area contributed by atoms with Crippen molar-refractivity contribution in [1.82, 2.24) is 5.32 Å². The van der Waals surface area contributed by atoms with E-state index in [0.29, 0.717) is 6.04 Å². The third-order valence-corrected chi connectivity index (χ3v) is 3.09. The summed E-state index contributed by atoms with van der Waals surface area (Å²) in [5.74, 6) is 1.55. The van der Waals surface area contributed by atoms with Crippen LogP contribution in [0.1, 0.15) is 18.9 Å². The van der Waals surface area contributed by atoms with Gasteiger partial charge in [0.15, 0.2) is 11.5 Å². The Bertz CT molecular complexity index is 368. The SMILES string of the molecule is CCNC(CCOC)Cc1ccc(OC)c(OC)c1. The number of likely N-dealkylation sites (N-methyl/N-ethyl adjacent to an activating group) is 1. The molecule has 108 valence electrons. The van der Waals surface area contributed by atoms with Gasteiger partial charge in [0.25, 0.3) is 0 Å². The van der Waals surface area contributed by atoms with E-state index in [1.165, 1.54) is 5.56 Å². The lowest BCUT2D eigenvalue weighted by molar-refractivity contribution is 0.183. The molecule has 4 heteroatoms. The molecule has 0 aliphatic carbocycles. The van der Waals surface area contributed by atoms with Crippen LogP contribution in [0.5, 0.6) is 11.5 Å². The number of rotatable bonds is 9. The van der Waals surface area contributed by atoms with E-state index in [-0.39, 0.29) is 0 Å². The summed E-state index contributed by atoms with van der Waals surface area (Å²) in [5, 5.41) is 3.48. The molecule has 4 nitrogen and oxygen atoms in total. The number of ether oxygens (including phenoxy) is 3. The molecule has 1 aromatic rings. The largest absolute Gasteiger partial charge is 0.493 e. The van der Waals surface area contributed by atoms with E-state index in [1.807, 2.05) is 12.1 Å². The van der Waals surface area contributed by atoms with E-state index >= 15 is 0 Å². The lowest BCUT2D eigenvalue weighted by Crippen LogP contribution is -2.32. The number of benzene rings is 1. The van der Waals surface area contributed by atoms with Crippen LogP contribution in [-0.2, 0) is 11.2 Å². The van der Waals surface area contributed by atoms with Crippen molar-refractivity contribution in [2.45, 2.75) is 25.8 Å². The van der Waals surface area contributed by atoms with Gasteiger partial charge in [-0.15, -0.1) is 0 Å². The maximum absolute atomic E-state index is 5.33. The van der Waals surface area contributed by atoms with Crippen molar-refractivity contribution in [2.75, 3.05) is 34.5 Å². The zero-order valence-electron chi connectivity index (χ0n) is 12.4. The molecule has 0 fully saturated rings. The highest BCUT2D eigenvalue weighted by molar-refractivity contribution is 5.43. The van der Waals surface area contributed by atoms with Crippen LogP contribution in [0, 0.1) is 0 Å². The van der Waals surface area contributed by atoms with E-state index in [4.69, 9.17) is 14.2 Å². The summed E-state index contributed by atoms with van der Waals surface area (Å²) in [7, 11) is 5.05. The molecule has 1 aromatic carbocycles. The first-order valence-corrected chi connectivity index (χ1v) is 6.68. The predicted molar refractivity (Wildman–Crippen MR) is 77.2 cm³/mol. The van der Waals surface area contributed by atoms with Gasteiger partial charge in [0.1, 0.15) is 0 Å². The fraction of sp³-hybridized carbons (Fsp3) is 0.600. The standard InChI is InChI=1S/C15H25NO3/c1-5-16-13(8-9-17-2)10-12-6-7-14(18-3)15(11-12)19-4/h6-7,11,13,16H,5,8-10H2,1-4H3. The molecule has 1 rings (SSSR count). The Hall–Kier alpha value is -1.26. The molecule has 0 saturated heterocycles. The fourth-order valence-corrected chi connectivity index (χ4v) is 2.12. The van der Waals surface area contributed by atoms with Gasteiger partial charge in [-0.1, -0.05) is 13.0 Å². The zero-order chi connectivity index (χ0) is 14.1. The summed E-state index contributed by atoms with van der Waals surface area (Å²) >= 11 is 0. The van der Waals surface area contributed by atoms with Crippen LogP contribution in [-0.4, -0.2) is 40.5 Å².